The predicted molar refractivity (Wildman–Crippen MR) is 106 cm³/mol. The van der Waals surface area contributed by atoms with Gasteiger partial charge >= 0.3 is 0 Å². The van der Waals surface area contributed by atoms with E-state index in [9.17, 15) is 4.79 Å². The Morgan fingerprint density at radius 1 is 1.19 bits per heavy atom. The molecule has 140 valence electrons. The van der Waals surface area contributed by atoms with Gasteiger partial charge in [-0.3, -0.25) is 4.79 Å². The van der Waals surface area contributed by atoms with E-state index in [-0.39, 0.29) is 5.91 Å². The molecule has 0 aliphatic heterocycles. The van der Waals surface area contributed by atoms with Crippen LogP contribution in [0.25, 0.3) is 10.8 Å². The summed E-state index contributed by atoms with van der Waals surface area (Å²) in [5, 5.41) is 5.10. The molecule has 1 aliphatic rings. The van der Waals surface area contributed by atoms with Crippen molar-refractivity contribution in [2.45, 2.75) is 46.1 Å². The van der Waals surface area contributed by atoms with E-state index in [1.54, 1.807) is 0 Å². The Labute approximate surface area is 155 Å². The van der Waals surface area contributed by atoms with Crippen LogP contribution < -0.4 is 10.1 Å². The molecule has 1 unspecified atom stereocenters. The van der Waals surface area contributed by atoms with Crippen molar-refractivity contribution in [3.05, 3.63) is 36.4 Å². The van der Waals surface area contributed by atoms with Crippen molar-refractivity contribution < 1.29 is 14.3 Å². The van der Waals surface area contributed by atoms with Crippen molar-refractivity contribution in [1.29, 1.82) is 0 Å². The number of hydrogen-bond donors (Lipinski definition) is 1. The Morgan fingerprint density at radius 3 is 2.50 bits per heavy atom. The number of carbonyl (C=O) groups is 1. The first-order chi connectivity index (χ1) is 12.5. The molecule has 0 heterocycles. The number of ether oxygens (including phenoxy) is 2. The van der Waals surface area contributed by atoms with Crippen LogP contribution in [0.15, 0.2) is 36.4 Å². The van der Waals surface area contributed by atoms with Gasteiger partial charge in [0.25, 0.3) is 5.91 Å². The number of amides is 1. The average Bonchev–Trinajstić information content (AvgIpc) is 3.46. The summed E-state index contributed by atoms with van der Waals surface area (Å²) in [7, 11) is 0. The van der Waals surface area contributed by atoms with Gasteiger partial charge in [-0.05, 0) is 50.7 Å². The maximum Gasteiger partial charge on any atom is 0.256 e. The lowest BCUT2D eigenvalue weighted by Gasteiger charge is -2.28. The van der Waals surface area contributed by atoms with Crippen molar-refractivity contribution in [3.63, 3.8) is 0 Å². The number of carbonyl (C=O) groups excluding carboxylic acids is 1. The van der Waals surface area contributed by atoms with Gasteiger partial charge in [-0.1, -0.05) is 38.1 Å². The van der Waals surface area contributed by atoms with Crippen molar-refractivity contribution in [1.82, 2.24) is 0 Å². The van der Waals surface area contributed by atoms with E-state index in [2.05, 4.69) is 19.2 Å². The molecule has 0 spiro atoms. The lowest BCUT2D eigenvalue weighted by molar-refractivity contribution is -0.141. The van der Waals surface area contributed by atoms with E-state index in [1.165, 1.54) is 0 Å². The van der Waals surface area contributed by atoms with E-state index in [4.69, 9.17) is 9.47 Å². The maximum absolute atomic E-state index is 13.0. The quantitative estimate of drug-likeness (QED) is 0.723. The molecular weight excluding hydrogens is 326 g/mol. The van der Waals surface area contributed by atoms with Gasteiger partial charge in [-0.15, -0.1) is 0 Å². The molecule has 0 aromatic heterocycles. The number of nitrogens with one attached hydrogen (secondary N) is 1. The Balaban J connectivity index is 1.88. The van der Waals surface area contributed by atoms with E-state index >= 15 is 0 Å². The maximum atomic E-state index is 13.0. The summed E-state index contributed by atoms with van der Waals surface area (Å²) in [6.07, 6.45) is 2.10. The van der Waals surface area contributed by atoms with Gasteiger partial charge in [0.1, 0.15) is 11.4 Å². The molecule has 2 aromatic rings. The summed E-state index contributed by atoms with van der Waals surface area (Å²) in [5.74, 6) is 1.55. The molecule has 2 aromatic carbocycles. The smallest absolute Gasteiger partial charge is 0.256 e. The first-order valence-corrected chi connectivity index (χ1v) is 9.55. The van der Waals surface area contributed by atoms with E-state index < -0.39 is 5.60 Å². The van der Waals surface area contributed by atoms with Crippen molar-refractivity contribution in [3.8, 4) is 5.75 Å². The number of fused-ring (bicyclic) bond motifs is 1. The zero-order valence-corrected chi connectivity index (χ0v) is 16.2. The molecule has 1 aliphatic carbocycles. The lowest BCUT2D eigenvalue weighted by atomic mass is 9.98. The van der Waals surface area contributed by atoms with Gasteiger partial charge in [0.15, 0.2) is 0 Å². The topological polar surface area (TPSA) is 47.6 Å². The van der Waals surface area contributed by atoms with E-state index in [1.807, 2.05) is 50.2 Å². The van der Waals surface area contributed by atoms with Crippen LogP contribution >= 0.6 is 0 Å². The average molecular weight is 355 g/mol. The molecule has 4 nitrogen and oxygen atoms in total. The van der Waals surface area contributed by atoms with Gasteiger partial charge in [0, 0.05) is 23.1 Å². The summed E-state index contributed by atoms with van der Waals surface area (Å²) in [5.41, 5.74) is 0.0388. The second-order valence-corrected chi connectivity index (χ2v) is 7.63. The van der Waals surface area contributed by atoms with Crippen molar-refractivity contribution in [2.75, 3.05) is 18.5 Å². The summed E-state index contributed by atoms with van der Waals surface area (Å²) in [6, 6.07) is 11.9. The highest BCUT2D eigenvalue weighted by Gasteiger charge is 2.48. The highest BCUT2D eigenvalue weighted by molar-refractivity contribution is 6.06. The molecule has 1 fully saturated rings. The van der Waals surface area contributed by atoms with Crippen LogP contribution in [0.5, 0.6) is 5.75 Å². The van der Waals surface area contributed by atoms with Gasteiger partial charge in [-0.2, -0.15) is 0 Å². The van der Waals surface area contributed by atoms with E-state index in [0.29, 0.717) is 25.0 Å². The molecule has 1 saturated carbocycles. The second kappa shape index (κ2) is 7.67. The Morgan fingerprint density at radius 2 is 1.88 bits per heavy atom. The van der Waals surface area contributed by atoms with Gasteiger partial charge < -0.3 is 14.8 Å². The Bertz CT molecular complexity index is 782. The minimum absolute atomic E-state index is 0.0668. The first kappa shape index (κ1) is 18.7. The molecular formula is C22H29NO3. The first-order valence-electron chi connectivity index (χ1n) is 9.55. The Kier molecular flexibility index (Phi) is 5.52. The molecule has 0 radical (unpaired) electrons. The third kappa shape index (κ3) is 3.85. The monoisotopic (exact) mass is 355 g/mol. The van der Waals surface area contributed by atoms with Crippen LogP contribution in [0.2, 0.25) is 0 Å². The van der Waals surface area contributed by atoms with Crippen LogP contribution in [0.1, 0.15) is 40.5 Å². The molecule has 4 heteroatoms. The van der Waals surface area contributed by atoms with Crippen LogP contribution in [-0.4, -0.2) is 24.7 Å². The Hall–Kier alpha value is -2.07. The minimum atomic E-state index is -0.761. The largest absolute Gasteiger partial charge is 0.493 e. The number of hydrogen-bond acceptors (Lipinski definition) is 3. The predicted octanol–water partition coefficient (Wildman–Crippen LogP) is 5.02. The highest BCUT2D eigenvalue weighted by Crippen LogP contribution is 2.43. The second-order valence-electron chi connectivity index (χ2n) is 7.63. The summed E-state index contributed by atoms with van der Waals surface area (Å²) < 4.78 is 11.8. The third-order valence-electron chi connectivity index (χ3n) is 4.96. The zero-order valence-electron chi connectivity index (χ0n) is 16.2. The third-order valence-corrected chi connectivity index (χ3v) is 4.96. The normalized spacial score (nSPS) is 16.5. The zero-order chi connectivity index (χ0) is 18.7. The molecule has 1 atom stereocenters. The van der Waals surface area contributed by atoms with Gasteiger partial charge in [-0.25, -0.2) is 0 Å². The molecule has 3 rings (SSSR count). The van der Waals surface area contributed by atoms with Crippen molar-refractivity contribution >= 4 is 22.4 Å². The molecule has 1 N–H and O–H groups in total. The number of benzene rings is 2. The fraction of sp³-hybridized carbons (Fsp3) is 0.500. The van der Waals surface area contributed by atoms with Crippen molar-refractivity contribution in [2.24, 2.45) is 11.8 Å². The van der Waals surface area contributed by atoms with Gasteiger partial charge in [0.05, 0.1) is 6.61 Å². The number of rotatable bonds is 8. The molecule has 26 heavy (non-hydrogen) atoms. The fourth-order valence-electron chi connectivity index (χ4n) is 3.31. The van der Waals surface area contributed by atoms with Crippen LogP contribution in [0.4, 0.5) is 5.69 Å². The van der Waals surface area contributed by atoms with E-state index in [0.717, 1.165) is 35.1 Å². The molecule has 0 saturated heterocycles. The summed E-state index contributed by atoms with van der Waals surface area (Å²) >= 11 is 0. The standard InChI is InChI=1S/C22H29NO3/c1-5-26-22(4,16-10-11-16)21(24)23-19-12-13-20(25-14-15(2)3)18-9-7-6-8-17(18)19/h6-9,12-13,15-16H,5,10-11,14H2,1-4H3,(H,23,24). The highest BCUT2D eigenvalue weighted by atomic mass is 16.5. The number of anilines is 1. The fourth-order valence-corrected chi connectivity index (χ4v) is 3.31. The summed E-state index contributed by atoms with van der Waals surface area (Å²) in [4.78, 5) is 13.0. The molecule has 0 bridgehead atoms. The lowest BCUT2D eigenvalue weighted by Crippen LogP contribution is -2.44. The summed E-state index contributed by atoms with van der Waals surface area (Å²) in [6.45, 7) is 9.30. The van der Waals surface area contributed by atoms with Gasteiger partial charge in [0.2, 0.25) is 0 Å². The minimum Gasteiger partial charge on any atom is -0.493 e. The van der Waals surface area contributed by atoms with Crippen LogP contribution in [0, 0.1) is 11.8 Å². The molecule has 1 amide bonds. The SMILES string of the molecule is CCOC(C)(C(=O)Nc1ccc(OCC(C)C)c2ccccc12)C1CC1. The van der Waals surface area contributed by atoms with Crippen LogP contribution in [-0.2, 0) is 9.53 Å². The van der Waals surface area contributed by atoms with Crippen LogP contribution in [0.3, 0.4) is 0 Å².